The van der Waals surface area contributed by atoms with Crippen molar-refractivity contribution in [1.29, 1.82) is 0 Å². The first-order chi connectivity index (χ1) is 4.75. The predicted molar refractivity (Wildman–Crippen MR) is 49.2 cm³/mol. The Labute approximate surface area is 66.4 Å². The Bertz CT molecular complexity index is 95.4. The van der Waals surface area contributed by atoms with Gasteiger partial charge in [-0.2, -0.15) is 0 Å². The molecule has 1 heterocycles. The molecule has 0 saturated carbocycles. The van der Waals surface area contributed by atoms with Crippen molar-refractivity contribution in [2.24, 2.45) is 0 Å². The molecule has 10 heavy (non-hydrogen) atoms. The molecule has 0 aromatic heterocycles. The molecule has 0 N–H and O–H groups in total. The molecule has 1 aliphatic heterocycles. The smallest absolute Gasteiger partial charge is 0.0132 e. The van der Waals surface area contributed by atoms with Gasteiger partial charge in [0.1, 0.15) is 0 Å². The van der Waals surface area contributed by atoms with Crippen molar-refractivity contribution in [2.75, 3.05) is 6.29 Å². The number of piperidine rings is 1. The highest BCUT2D eigenvalue weighted by molar-refractivity contribution is 7.16. The number of hydrogen-bond acceptors (Lipinski definition) is 1. The molecule has 0 aromatic rings. The zero-order valence-electron chi connectivity index (χ0n) is 7.01. The second-order valence-corrected chi connectivity index (χ2v) is 3.69. The maximum Gasteiger partial charge on any atom is 0.0132 e. The number of nitrogens with zero attached hydrogens (tertiary/aromatic N) is 1. The lowest BCUT2D eigenvalue weighted by atomic mass is 9.99. The molecule has 3 unspecified atom stereocenters. The van der Waals surface area contributed by atoms with Crippen molar-refractivity contribution in [2.45, 2.75) is 45.2 Å². The van der Waals surface area contributed by atoms with Crippen LogP contribution in [0.1, 0.15) is 33.1 Å². The molecule has 1 nitrogen and oxygen atoms in total. The Kier molecular flexibility index (Phi) is 3.13. The Morgan fingerprint density at radius 1 is 1.30 bits per heavy atom. The molecule has 0 spiro atoms. The quantitative estimate of drug-likeness (QED) is 0.529. The van der Waals surface area contributed by atoms with Gasteiger partial charge in [-0.15, -0.1) is 9.24 Å². The molecule has 0 amide bonds. The zero-order chi connectivity index (χ0) is 7.56. The summed E-state index contributed by atoms with van der Waals surface area (Å²) >= 11 is 0. The van der Waals surface area contributed by atoms with Gasteiger partial charge in [0.2, 0.25) is 0 Å². The van der Waals surface area contributed by atoms with Crippen LogP contribution in [-0.2, 0) is 0 Å². The molecule has 60 valence electrons. The number of hydrogen-bond donors (Lipinski definition) is 0. The molecule has 0 aromatic carbocycles. The Morgan fingerprint density at radius 3 is 2.10 bits per heavy atom. The van der Waals surface area contributed by atoms with Gasteiger partial charge in [-0.3, -0.25) is 4.90 Å². The van der Waals surface area contributed by atoms with E-state index in [1.807, 2.05) is 0 Å². The second kappa shape index (κ2) is 3.69. The van der Waals surface area contributed by atoms with Gasteiger partial charge in [0.25, 0.3) is 0 Å². The zero-order valence-corrected chi connectivity index (χ0v) is 8.16. The van der Waals surface area contributed by atoms with E-state index < -0.39 is 0 Å². The van der Waals surface area contributed by atoms with Gasteiger partial charge < -0.3 is 0 Å². The molecule has 0 aliphatic carbocycles. The Hall–Kier alpha value is 0.390. The van der Waals surface area contributed by atoms with Crippen LogP contribution in [0, 0.1) is 0 Å². The number of rotatable bonds is 1. The molecule has 2 heteroatoms. The fourth-order valence-electron chi connectivity index (χ4n) is 1.83. The van der Waals surface area contributed by atoms with Gasteiger partial charge in [-0.1, -0.05) is 6.42 Å². The monoisotopic (exact) mass is 159 g/mol. The first-order valence-electron chi connectivity index (χ1n) is 4.21. The lowest BCUT2D eigenvalue weighted by Crippen LogP contribution is -2.42. The first kappa shape index (κ1) is 8.49. The van der Waals surface area contributed by atoms with Crippen LogP contribution in [0.4, 0.5) is 0 Å². The minimum absolute atomic E-state index is 0.807. The topological polar surface area (TPSA) is 3.24 Å². The highest BCUT2D eigenvalue weighted by Crippen LogP contribution is 2.22. The lowest BCUT2D eigenvalue weighted by molar-refractivity contribution is 0.129. The summed E-state index contributed by atoms with van der Waals surface area (Å²) < 4.78 is 0. The molecule has 1 aliphatic rings. The maximum absolute atomic E-state index is 2.82. The van der Waals surface area contributed by atoms with Crippen molar-refractivity contribution >= 4 is 9.24 Å². The molecule has 0 radical (unpaired) electrons. The average molecular weight is 159 g/mol. The lowest BCUT2D eigenvalue weighted by Gasteiger charge is -2.37. The van der Waals surface area contributed by atoms with E-state index in [2.05, 4.69) is 28.0 Å². The Morgan fingerprint density at radius 2 is 1.80 bits per heavy atom. The summed E-state index contributed by atoms with van der Waals surface area (Å²) in [6, 6.07) is 1.61. The summed E-state index contributed by atoms with van der Waals surface area (Å²) in [5, 5.41) is 0. The molecule has 1 rings (SSSR count). The van der Waals surface area contributed by atoms with Crippen molar-refractivity contribution in [1.82, 2.24) is 4.90 Å². The van der Waals surface area contributed by atoms with Gasteiger partial charge in [-0.05, 0) is 26.7 Å². The van der Waals surface area contributed by atoms with E-state index in [9.17, 15) is 0 Å². The predicted octanol–water partition coefficient (Wildman–Crippen LogP) is 2.08. The van der Waals surface area contributed by atoms with Gasteiger partial charge in [-0.25, -0.2) is 0 Å². The van der Waals surface area contributed by atoms with E-state index in [0.717, 1.165) is 18.4 Å². The van der Waals surface area contributed by atoms with E-state index in [0.29, 0.717) is 0 Å². The largest absolute Gasteiger partial charge is 0.294 e. The fraction of sp³-hybridized carbons (Fsp3) is 1.00. The highest BCUT2D eigenvalue weighted by Gasteiger charge is 2.22. The van der Waals surface area contributed by atoms with E-state index in [1.54, 1.807) is 0 Å². The summed E-state index contributed by atoms with van der Waals surface area (Å²) in [7, 11) is 2.82. The maximum atomic E-state index is 2.82. The van der Waals surface area contributed by atoms with E-state index in [4.69, 9.17) is 0 Å². The Balaban J connectivity index is 2.45. The second-order valence-electron chi connectivity index (χ2n) is 3.33. The van der Waals surface area contributed by atoms with Crippen LogP contribution in [0.2, 0.25) is 0 Å². The summed E-state index contributed by atoms with van der Waals surface area (Å²) in [5.74, 6) is 0. The van der Waals surface area contributed by atoms with E-state index in [-0.39, 0.29) is 0 Å². The normalized spacial score (nSPS) is 36.3. The summed E-state index contributed by atoms with van der Waals surface area (Å²) in [6.45, 7) is 4.67. The van der Waals surface area contributed by atoms with Crippen molar-refractivity contribution in [3.8, 4) is 0 Å². The van der Waals surface area contributed by atoms with Crippen LogP contribution in [0.15, 0.2) is 0 Å². The van der Waals surface area contributed by atoms with Crippen molar-refractivity contribution < 1.29 is 0 Å². The SMILES string of the molecule is CC1CCCC(C)N1CP. The average Bonchev–Trinajstić information content (AvgIpc) is 1.88. The van der Waals surface area contributed by atoms with Crippen molar-refractivity contribution in [3.05, 3.63) is 0 Å². The van der Waals surface area contributed by atoms with Crippen LogP contribution >= 0.6 is 9.24 Å². The van der Waals surface area contributed by atoms with Gasteiger partial charge in [0.05, 0.1) is 0 Å². The molecular formula is C8H18NP. The molecule has 3 atom stereocenters. The minimum Gasteiger partial charge on any atom is -0.294 e. The third-order valence-electron chi connectivity index (χ3n) is 2.59. The van der Waals surface area contributed by atoms with Crippen LogP contribution in [0.25, 0.3) is 0 Å². The van der Waals surface area contributed by atoms with Crippen molar-refractivity contribution in [3.63, 3.8) is 0 Å². The third kappa shape index (κ3) is 1.71. The fourth-order valence-corrected chi connectivity index (χ4v) is 2.55. The number of likely N-dealkylation sites (tertiary alicyclic amines) is 1. The molecular weight excluding hydrogens is 141 g/mol. The first-order valence-corrected chi connectivity index (χ1v) is 5.03. The van der Waals surface area contributed by atoms with Gasteiger partial charge >= 0.3 is 0 Å². The van der Waals surface area contributed by atoms with E-state index in [1.165, 1.54) is 19.3 Å². The summed E-state index contributed by atoms with van der Waals surface area (Å²) in [4.78, 5) is 2.56. The van der Waals surface area contributed by atoms with Crippen LogP contribution in [0.3, 0.4) is 0 Å². The van der Waals surface area contributed by atoms with E-state index >= 15 is 0 Å². The highest BCUT2D eigenvalue weighted by atomic mass is 31.0. The molecule has 1 saturated heterocycles. The molecule has 0 bridgehead atoms. The van der Waals surface area contributed by atoms with Crippen LogP contribution < -0.4 is 0 Å². The van der Waals surface area contributed by atoms with Gasteiger partial charge in [0.15, 0.2) is 0 Å². The van der Waals surface area contributed by atoms with Crippen LogP contribution in [-0.4, -0.2) is 23.3 Å². The summed E-state index contributed by atoms with van der Waals surface area (Å²) in [6.07, 6.45) is 5.34. The minimum atomic E-state index is 0.807. The summed E-state index contributed by atoms with van der Waals surface area (Å²) in [5.41, 5.74) is 0. The molecule has 1 fully saturated rings. The third-order valence-corrected chi connectivity index (χ3v) is 3.01. The van der Waals surface area contributed by atoms with Gasteiger partial charge in [0, 0.05) is 18.4 Å². The standard InChI is InChI=1S/C8H18NP/c1-7-4-3-5-8(2)9(7)6-10/h7-8H,3-6,10H2,1-2H3. The van der Waals surface area contributed by atoms with Crippen LogP contribution in [0.5, 0.6) is 0 Å².